The van der Waals surface area contributed by atoms with E-state index < -0.39 is 0 Å². The van der Waals surface area contributed by atoms with Gasteiger partial charge in [0.05, 0.1) is 25.1 Å². The van der Waals surface area contributed by atoms with Crippen molar-refractivity contribution in [1.29, 1.82) is 0 Å². The summed E-state index contributed by atoms with van der Waals surface area (Å²) in [5, 5.41) is 7.43. The van der Waals surface area contributed by atoms with Crippen LogP contribution in [0.4, 0.5) is 5.69 Å². The fourth-order valence-corrected chi connectivity index (χ4v) is 1.89. The highest BCUT2D eigenvalue weighted by Crippen LogP contribution is 2.29. The predicted molar refractivity (Wildman–Crippen MR) is 79.3 cm³/mol. The van der Waals surface area contributed by atoms with Crippen LogP contribution in [0.15, 0.2) is 30.6 Å². The van der Waals surface area contributed by atoms with Gasteiger partial charge in [0.25, 0.3) is 0 Å². The summed E-state index contributed by atoms with van der Waals surface area (Å²) >= 11 is 0. The van der Waals surface area contributed by atoms with Crippen molar-refractivity contribution in [3.05, 3.63) is 36.2 Å². The number of benzene rings is 1. The average molecular weight is 275 g/mol. The van der Waals surface area contributed by atoms with Crippen LogP contribution in [-0.2, 0) is 13.6 Å². The molecule has 0 fully saturated rings. The van der Waals surface area contributed by atoms with Crippen molar-refractivity contribution >= 4 is 5.69 Å². The Labute approximate surface area is 119 Å². The third kappa shape index (κ3) is 3.66. The van der Waals surface area contributed by atoms with Gasteiger partial charge >= 0.3 is 0 Å². The molecule has 0 aliphatic heterocycles. The lowest BCUT2D eigenvalue weighted by atomic mass is 10.2. The largest absolute Gasteiger partial charge is 0.493 e. The molecule has 0 radical (unpaired) electrons. The zero-order chi connectivity index (χ0) is 14.5. The quantitative estimate of drug-likeness (QED) is 0.880. The van der Waals surface area contributed by atoms with Crippen molar-refractivity contribution in [3.63, 3.8) is 0 Å². The molecular weight excluding hydrogens is 254 g/mol. The number of methoxy groups -OCH3 is 1. The minimum atomic E-state index is 0.128. The molecule has 0 aliphatic rings. The summed E-state index contributed by atoms with van der Waals surface area (Å²) in [6.45, 7) is 4.71. The van der Waals surface area contributed by atoms with E-state index in [-0.39, 0.29) is 6.10 Å². The molecule has 2 aromatic rings. The summed E-state index contributed by atoms with van der Waals surface area (Å²) in [6, 6.07) is 5.96. The Morgan fingerprint density at radius 2 is 2.10 bits per heavy atom. The molecule has 0 saturated carbocycles. The smallest absolute Gasteiger partial charge is 0.161 e. The second kappa shape index (κ2) is 6.32. The molecule has 1 aromatic carbocycles. The topological polar surface area (TPSA) is 48.3 Å². The second-order valence-electron chi connectivity index (χ2n) is 4.91. The van der Waals surface area contributed by atoms with Gasteiger partial charge in [-0.05, 0) is 31.5 Å². The number of rotatable bonds is 6. The maximum atomic E-state index is 5.70. The molecule has 0 unspecified atom stereocenters. The number of aryl methyl sites for hydroxylation is 1. The molecule has 0 aliphatic carbocycles. The lowest BCUT2D eigenvalue weighted by Crippen LogP contribution is -2.07. The van der Waals surface area contributed by atoms with E-state index in [1.54, 1.807) is 18.0 Å². The monoisotopic (exact) mass is 275 g/mol. The van der Waals surface area contributed by atoms with Crippen LogP contribution in [0.3, 0.4) is 0 Å². The molecule has 1 aromatic heterocycles. The van der Waals surface area contributed by atoms with Crippen molar-refractivity contribution in [2.75, 3.05) is 12.4 Å². The molecule has 108 valence electrons. The molecular formula is C15H21N3O2. The van der Waals surface area contributed by atoms with Crippen molar-refractivity contribution in [2.24, 2.45) is 7.05 Å². The maximum Gasteiger partial charge on any atom is 0.161 e. The zero-order valence-corrected chi connectivity index (χ0v) is 12.4. The molecule has 0 spiro atoms. The molecule has 5 heteroatoms. The molecule has 0 saturated heterocycles. The minimum absolute atomic E-state index is 0.128. The van der Waals surface area contributed by atoms with E-state index in [9.17, 15) is 0 Å². The van der Waals surface area contributed by atoms with Crippen molar-refractivity contribution in [2.45, 2.75) is 26.5 Å². The fourth-order valence-electron chi connectivity index (χ4n) is 1.89. The standard InChI is InChI=1S/C15H21N3O2/c1-11(2)20-14-6-5-12(7-15(14)19-4)8-16-13-9-17-18(3)10-13/h5-7,9-11,16H,8H2,1-4H3. The van der Waals surface area contributed by atoms with Crippen LogP contribution in [0.5, 0.6) is 11.5 Å². The summed E-state index contributed by atoms with van der Waals surface area (Å²) in [7, 11) is 3.55. The predicted octanol–water partition coefficient (Wildman–Crippen LogP) is 2.83. The highest BCUT2D eigenvalue weighted by atomic mass is 16.5. The maximum absolute atomic E-state index is 5.70. The SMILES string of the molecule is COc1cc(CNc2cnn(C)c2)ccc1OC(C)C. The molecule has 1 heterocycles. The highest BCUT2D eigenvalue weighted by Gasteiger charge is 2.07. The third-order valence-corrected chi connectivity index (χ3v) is 2.79. The summed E-state index contributed by atoms with van der Waals surface area (Å²) in [5.74, 6) is 1.52. The molecule has 1 N–H and O–H groups in total. The summed E-state index contributed by atoms with van der Waals surface area (Å²) in [4.78, 5) is 0. The average Bonchev–Trinajstić information content (AvgIpc) is 2.83. The van der Waals surface area contributed by atoms with Crippen LogP contribution in [-0.4, -0.2) is 23.0 Å². The van der Waals surface area contributed by atoms with E-state index in [4.69, 9.17) is 9.47 Å². The van der Waals surface area contributed by atoms with Gasteiger partial charge < -0.3 is 14.8 Å². The number of nitrogens with one attached hydrogen (secondary N) is 1. The minimum Gasteiger partial charge on any atom is -0.493 e. The summed E-state index contributed by atoms with van der Waals surface area (Å²) in [5.41, 5.74) is 2.12. The van der Waals surface area contributed by atoms with Gasteiger partial charge in [0.1, 0.15) is 0 Å². The zero-order valence-electron chi connectivity index (χ0n) is 12.4. The van der Waals surface area contributed by atoms with Crippen LogP contribution in [0, 0.1) is 0 Å². The van der Waals surface area contributed by atoms with E-state index in [1.807, 2.05) is 45.3 Å². The van der Waals surface area contributed by atoms with Gasteiger partial charge in [-0.25, -0.2) is 0 Å². The van der Waals surface area contributed by atoms with E-state index in [1.165, 1.54) is 0 Å². The van der Waals surface area contributed by atoms with Gasteiger partial charge in [0.2, 0.25) is 0 Å². The Morgan fingerprint density at radius 3 is 2.70 bits per heavy atom. The Hall–Kier alpha value is -2.17. The number of aromatic nitrogens is 2. The lowest BCUT2D eigenvalue weighted by Gasteiger charge is -2.14. The van der Waals surface area contributed by atoms with Crippen LogP contribution >= 0.6 is 0 Å². The molecule has 0 atom stereocenters. The molecule has 5 nitrogen and oxygen atoms in total. The first kappa shape index (κ1) is 14.2. The van der Waals surface area contributed by atoms with Gasteiger partial charge in [-0.1, -0.05) is 6.07 Å². The Kier molecular flexibility index (Phi) is 4.50. The molecule has 2 rings (SSSR count). The molecule has 0 bridgehead atoms. The van der Waals surface area contributed by atoms with Crippen molar-refractivity contribution in [1.82, 2.24) is 9.78 Å². The number of hydrogen-bond acceptors (Lipinski definition) is 4. The van der Waals surface area contributed by atoms with Crippen LogP contribution in [0.2, 0.25) is 0 Å². The van der Waals surface area contributed by atoms with E-state index in [0.29, 0.717) is 6.54 Å². The Balaban J connectivity index is 2.05. The van der Waals surface area contributed by atoms with Gasteiger partial charge in [0.15, 0.2) is 11.5 Å². The second-order valence-corrected chi connectivity index (χ2v) is 4.91. The van der Waals surface area contributed by atoms with Crippen LogP contribution in [0.25, 0.3) is 0 Å². The third-order valence-electron chi connectivity index (χ3n) is 2.79. The van der Waals surface area contributed by atoms with E-state index in [2.05, 4.69) is 10.4 Å². The molecule has 0 amide bonds. The first-order chi connectivity index (χ1) is 9.58. The first-order valence-electron chi connectivity index (χ1n) is 6.64. The highest BCUT2D eigenvalue weighted by molar-refractivity contribution is 5.45. The van der Waals surface area contributed by atoms with Crippen LogP contribution in [0.1, 0.15) is 19.4 Å². The van der Waals surface area contributed by atoms with Gasteiger partial charge in [0, 0.05) is 19.8 Å². The molecule has 20 heavy (non-hydrogen) atoms. The van der Waals surface area contributed by atoms with Crippen molar-refractivity contribution < 1.29 is 9.47 Å². The van der Waals surface area contributed by atoms with Crippen molar-refractivity contribution in [3.8, 4) is 11.5 Å². The van der Waals surface area contributed by atoms with E-state index in [0.717, 1.165) is 22.7 Å². The Morgan fingerprint density at radius 1 is 1.30 bits per heavy atom. The number of anilines is 1. The summed E-state index contributed by atoms with van der Waals surface area (Å²) < 4.78 is 12.8. The van der Waals surface area contributed by atoms with Crippen LogP contribution < -0.4 is 14.8 Å². The van der Waals surface area contributed by atoms with Gasteiger partial charge in [-0.15, -0.1) is 0 Å². The lowest BCUT2D eigenvalue weighted by molar-refractivity contribution is 0.230. The first-order valence-corrected chi connectivity index (χ1v) is 6.64. The summed E-state index contributed by atoms with van der Waals surface area (Å²) in [6.07, 6.45) is 3.87. The van der Waals surface area contributed by atoms with E-state index >= 15 is 0 Å². The van der Waals surface area contributed by atoms with Gasteiger partial charge in [-0.3, -0.25) is 4.68 Å². The number of hydrogen-bond donors (Lipinski definition) is 1. The number of nitrogens with zero attached hydrogens (tertiary/aromatic N) is 2. The van der Waals surface area contributed by atoms with Gasteiger partial charge in [-0.2, -0.15) is 5.10 Å². The Bertz CT molecular complexity index is 564. The fraction of sp³-hybridized carbons (Fsp3) is 0.400. The number of ether oxygens (including phenoxy) is 2. The normalized spacial score (nSPS) is 10.7.